The lowest BCUT2D eigenvalue weighted by Gasteiger charge is -2.07. The minimum Gasteiger partial charge on any atom is -0.395 e. The number of aromatic nitrogens is 2. The summed E-state index contributed by atoms with van der Waals surface area (Å²) in [4.78, 5) is 12.0. The van der Waals surface area contributed by atoms with Gasteiger partial charge in [0, 0.05) is 6.07 Å². The predicted octanol–water partition coefficient (Wildman–Crippen LogP) is 2.78. The molecule has 0 spiro atoms. The van der Waals surface area contributed by atoms with Crippen LogP contribution in [0.3, 0.4) is 0 Å². The van der Waals surface area contributed by atoms with Crippen molar-refractivity contribution in [1.82, 2.24) is 10.2 Å². The molecule has 7 heteroatoms. The molecule has 0 unspecified atom stereocenters. The zero-order valence-electron chi connectivity index (χ0n) is 11.8. The Bertz CT molecular complexity index is 682. The van der Waals surface area contributed by atoms with E-state index in [2.05, 4.69) is 15.5 Å². The van der Waals surface area contributed by atoms with Crippen LogP contribution in [0.2, 0.25) is 0 Å². The fourth-order valence-corrected chi connectivity index (χ4v) is 1.92. The molecule has 4 N–H and O–H groups in total. The van der Waals surface area contributed by atoms with Crippen LogP contribution in [-0.4, -0.2) is 16.1 Å². The van der Waals surface area contributed by atoms with Crippen LogP contribution in [-0.2, 0) is 6.42 Å². The molecule has 0 radical (unpaired) electrons. The number of carbonyl (C=O) groups excluding carboxylic acids is 1. The number of nitrogens with two attached hydrogens (primary N) is 1. The molecule has 2 rings (SSSR count). The zero-order valence-corrected chi connectivity index (χ0v) is 11.8. The number of aryl methyl sites for hydroxylation is 2. The average molecular weight is 294 g/mol. The molecule has 1 amide bonds. The van der Waals surface area contributed by atoms with Gasteiger partial charge in [0.1, 0.15) is 11.6 Å². The maximum absolute atomic E-state index is 13.7. The molecule has 2 aromatic rings. The van der Waals surface area contributed by atoms with Crippen LogP contribution < -0.4 is 11.1 Å². The first kappa shape index (κ1) is 15.0. The highest BCUT2D eigenvalue weighted by Gasteiger charge is 2.18. The molecule has 1 aromatic carbocycles. The number of benzene rings is 1. The second-order valence-corrected chi connectivity index (χ2v) is 4.75. The topological polar surface area (TPSA) is 83.8 Å². The van der Waals surface area contributed by atoms with Gasteiger partial charge >= 0.3 is 0 Å². The average Bonchev–Trinajstić information content (AvgIpc) is 2.78. The Hall–Kier alpha value is -2.44. The molecule has 5 nitrogen and oxygen atoms in total. The summed E-state index contributed by atoms with van der Waals surface area (Å²) in [5.41, 5.74) is 6.57. The highest BCUT2D eigenvalue weighted by molar-refractivity contribution is 6.06. The Kier molecular flexibility index (Phi) is 4.21. The smallest absolute Gasteiger partial charge is 0.278 e. The maximum atomic E-state index is 13.7. The lowest BCUT2D eigenvalue weighted by Crippen LogP contribution is -2.15. The monoisotopic (exact) mass is 294 g/mol. The van der Waals surface area contributed by atoms with Crippen LogP contribution in [0.5, 0.6) is 0 Å². The van der Waals surface area contributed by atoms with Crippen LogP contribution in [0.25, 0.3) is 0 Å². The minimum atomic E-state index is -0.717. The second-order valence-electron chi connectivity index (χ2n) is 4.75. The fourth-order valence-electron chi connectivity index (χ4n) is 1.92. The molecular formula is C14H16F2N4O. The minimum absolute atomic E-state index is 0.0289. The van der Waals surface area contributed by atoms with E-state index in [1.54, 1.807) is 0 Å². The predicted molar refractivity (Wildman–Crippen MR) is 76.0 cm³/mol. The summed E-state index contributed by atoms with van der Waals surface area (Å²) < 4.78 is 27.1. The first-order valence-corrected chi connectivity index (χ1v) is 6.53. The molecule has 0 aliphatic carbocycles. The van der Waals surface area contributed by atoms with Crippen molar-refractivity contribution in [2.45, 2.75) is 26.7 Å². The number of rotatable bonds is 4. The van der Waals surface area contributed by atoms with Gasteiger partial charge in [-0.2, -0.15) is 5.10 Å². The van der Waals surface area contributed by atoms with Gasteiger partial charge in [-0.25, -0.2) is 8.78 Å². The molecule has 1 aromatic heterocycles. The maximum Gasteiger partial charge on any atom is 0.278 e. The van der Waals surface area contributed by atoms with Crippen LogP contribution in [0, 0.1) is 18.6 Å². The molecule has 112 valence electrons. The molecule has 0 bridgehead atoms. The van der Waals surface area contributed by atoms with Gasteiger partial charge in [0.25, 0.3) is 5.91 Å². The molecule has 0 fully saturated rings. The molecule has 0 saturated heterocycles. The van der Waals surface area contributed by atoms with Crippen molar-refractivity contribution < 1.29 is 13.6 Å². The third-order valence-corrected chi connectivity index (χ3v) is 3.09. The number of nitrogen functional groups attached to an aromatic ring is 1. The van der Waals surface area contributed by atoms with Crippen molar-refractivity contribution >= 4 is 17.3 Å². The van der Waals surface area contributed by atoms with Crippen LogP contribution in [0.1, 0.15) is 35.1 Å². The van der Waals surface area contributed by atoms with Crippen molar-refractivity contribution in [3.8, 4) is 0 Å². The van der Waals surface area contributed by atoms with Crippen LogP contribution in [0.15, 0.2) is 12.1 Å². The SMILES string of the molecule is CCCc1[nH]nc(C(=O)Nc2cc(F)c(C)cc2F)c1N. The summed E-state index contributed by atoms with van der Waals surface area (Å²) >= 11 is 0. The summed E-state index contributed by atoms with van der Waals surface area (Å²) in [7, 11) is 0. The number of anilines is 2. The fraction of sp³-hybridized carbons (Fsp3) is 0.286. The first-order valence-electron chi connectivity index (χ1n) is 6.53. The largest absolute Gasteiger partial charge is 0.395 e. The van der Waals surface area contributed by atoms with Gasteiger partial charge < -0.3 is 11.1 Å². The van der Waals surface area contributed by atoms with Crippen LogP contribution in [0.4, 0.5) is 20.2 Å². The van der Waals surface area contributed by atoms with E-state index in [1.807, 2.05) is 6.92 Å². The van der Waals surface area contributed by atoms with Crippen molar-refractivity contribution in [3.05, 3.63) is 40.7 Å². The Labute approximate surface area is 120 Å². The van der Waals surface area contributed by atoms with Crippen molar-refractivity contribution in [2.24, 2.45) is 0 Å². The van der Waals surface area contributed by atoms with Crippen molar-refractivity contribution in [1.29, 1.82) is 0 Å². The first-order chi connectivity index (χ1) is 9.93. The van der Waals surface area contributed by atoms with E-state index in [-0.39, 0.29) is 22.6 Å². The number of aromatic amines is 1. The number of nitrogens with zero attached hydrogens (tertiary/aromatic N) is 1. The van der Waals surface area contributed by atoms with E-state index < -0.39 is 17.5 Å². The van der Waals surface area contributed by atoms with Gasteiger partial charge in [0.15, 0.2) is 5.69 Å². The normalized spacial score (nSPS) is 10.7. The van der Waals surface area contributed by atoms with Gasteiger partial charge in [-0.1, -0.05) is 13.3 Å². The number of carbonyl (C=O) groups is 1. The summed E-state index contributed by atoms with van der Waals surface area (Å²) in [5.74, 6) is -2.01. The van der Waals surface area contributed by atoms with E-state index in [9.17, 15) is 13.6 Å². The van der Waals surface area contributed by atoms with E-state index in [0.717, 1.165) is 18.6 Å². The second kappa shape index (κ2) is 5.90. The number of H-pyrrole nitrogens is 1. The lowest BCUT2D eigenvalue weighted by atomic mass is 10.2. The van der Waals surface area contributed by atoms with Gasteiger partial charge in [-0.3, -0.25) is 9.89 Å². The van der Waals surface area contributed by atoms with E-state index in [1.165, 1.54) is 6.92 Å². The number of hydrogen-bond acceptors (Lipinski definition) is 3. The third kappa shape index (κ3) is 3.01. The molecule has 0 aliphatic rings. The van der Waals surface area contributed by atoms with E-state index in [4.69, 9.17) is 5.73 Å². The standard InChI is InChI=1S/C14H16F2N4O/c1-3-4-10-12(17)13(20-19-10)14(21)18-11-6-8(15)7(2)5-9(11)16/h5-6H,3-4,17H2,1-2H3,(H,18,21)(H,19,20). The van der Waals surface area contributed by atoms with Gasteiger partial charge in [-0.15, -0.1) is 0 Å². The van der Waals surface area contributed by atoms with Gasteiger partial charge in [0.2, 0.25) is 0 Å². The Morgan fingerprint density at radius 1 is 1.38 bits per heavy atom. The summed E-state index contributed by atoms with van der Waals surface area (Å²) in [6.07, 6.45) is 1.49. The molecule has 0 atom stereocenters. The zero-order chi connectivity index (χ0) is 15.6. The van der Waals surface area contributed by atoms with Gasteiger partial charge in [-0.05, 0) is 25.0 Å². The summed E-state index contributed by atoms with van der Waals surface area (Å²) in [5, 5.41) is 8.77. The Morgan fingerprint density at radius 3 is 2.76 bits per heavy atom. The molecule has 21 heavy (non-hydrogen) atoms. The highest BCUT2D eigenvalue weighted by Crippen LogP contribution is 2.21. The van der Waals surface area contributed by atoms with Crippen LogP contribution >= 0.6 is 0 Å². The molecule has 0 aliphatic heterocycles. The summed E-state index contributed by atoms with van der Waals surface area (Å²) in [6.45, 7) is 3.40. The quantitative estimate of drug-likeness (QED) is 0.810. The van der Waals surface area contributed by atoms with Gasteiger partial charge in [0.05, 0.1) is 17.1 Å². The third-order valence-electron chi connectivity index (χ3n) is 3.09. The number of amides is 1. The molecule has 1 heterocycles. The van der Waals surface area contributed by atoms with Crippen molar-refractivity contribution in [2.75, 3.05) is 11.1 Å². The van der Waals surface area contributed by atoms with E-state index >= 15 is 0 Å². The lowest BCUT2D eigenvalue weighted by molar-refractivity contribution is 0.102. The van der Waals surface area contributed by atoms with Crippen molar-refractivity contribution in [3.63, 3.8) is 0 Å². The Balaban J connectivity index is 2.24. The highest BCUT2D eigenvalue weighted by atomic mass is 19.1. The Morgan fingerprint density at radius 2 is 2.10 bits per heavy atom. The molecule has 0 saturated carbocycles. The number of halogens is 2. The van der Waals surface area contributed by atoms with E-state index in [0.29, 0.717) is 12.1 Å². The summed E-state index contributed by atoms with van der Waals surface area (Å²) in [6, 6.07) is 1.94. The number of hydrogen-bond donors (Lipinski definition) is 3. The number of nitrogens with one attached hydrogen (secondary N) is 2. The molecular weight excluding hydrogens is 278 g/mol.